The number of benzene rings is 1. The second-order valence-electron chi connectivity index (χ2n) is 4.98. The lowest BCUT2D eigenvalue weighted by atomic mass is 10.2. The smallest absolute Gasteiger partial charge is 0.119 e. The van der Waals surface area contributed by atoms with Crippen molar-refractivity contribution < 1.29 is 4.74 Å². The van der Waals surface area contributed by atoms with Crippen LogP contribution in [-0.4, -0.2) is 36.7 Å². The van der Waals surface area contributed by atoms with Crippen molar-refractivity contribution in [1.29, 1.82) is 0 Å². The molecule has 0 amide bonds. The van der Waals surface area contributed by atoms with Crippen LogP contribution in [0.2, 0.25) is 0 Å². The van der Waals surface area contributed by atoms with Crippen LogP contribution in [0.25, 0.3) is 10.9 Å². The van der Waals surface area contributed by atoms with Crippen molar-refractivity contribution in [1.82, 2.24) is 9.47 Å². The summed E-state index contributed by atoms with van der Waals surface area (Å²) in [7, 11) is 6.01. The highest BCUT2D eigenvalue weighted by Gasteiger charge is 2.40. The molecule has 0 bridgehead atoms. The first-order valence-electron chi connectivity index (χ1n) is 6.01. The molecule has 1 aromatic heterocycles. The Labute approximate surface area is 102 Å². The van der Waals surface area contributed by atoms with E-state index < -0.39 is 0 Å². The van der Waals surface area contributed by atoms with Gasteiger partial charge in [-0.2, -0.15) is 0 Å². The van der Waals surface area contributed by atoms with Gasteiger partial charge in [-0.05, 0) is 44.8 Å². The van der Waals surface area contributed by atoms with Gasteiger partial charge in [0.25, 0.3) is 0 Å². The highest BCUT2D eigenvalue weighted by molar-refractivity contribution is 5.82. The summed E-state index contributed by atoms with van der Waals surface area (Å²) in [4.78, 5) is 2.31. The van der Waals surface area contributed by atoms with Crippen LogP contribution in [-0.2, 0) is 0 Å². The second kappa shape index (κ2) is 3.77. The number of rotatable bonds is 3. The average Bonchev–Trinajstić information content (AvgIpc) is 3.02. The fourth-order valence-corrected chi connectivity index (χ4v) is 2.58. The van der Waals surface area contributed by atoms with E-state index in [4.69, 9.17) is 4.74 Å². The molecule has 1 saturated carbocycles. The van der Waals surface area contributed by atoms with Gasteiger partial charge in [0, 0.05) is 23.1 Å². The number of hydrogen-bond donors (Lipinski definition) is 0. The molecule has 17 heavy (non-hydrogen) atoms. The molecule has 3 rings (SSSR count). The fourth-order valence-electron chi connectivity index (χ4n) is 2.58. The number of fused-ring (bicyclic) bond motifs is 1. The highest BCUT2D eigenvalue weighted by Crippen LogP contribution is 2.41. The molecular formula is C14H18N2O. The maximum absolute atomic E-state index is 5.25. The normalized spacial score (nSPS) is 23.3. The molecule has 0 N–H and O–H groups in total. The molecule has 1 aliphatic rings. The molecule has 2 atom stereocenters. The van der Waals surface area contributed by atoms with Gasteiger partial charge in [0.1, 0.15) is 5.75 Å². The lowest BCUT2D eigenvalue weighted by Gasteiger charge is -2.10. The van der Waals surface area contributed by atoms with Crippen molar-refractivity contribution in [2.75, 3.05) is 21.2 Å². The minimum absolute atomic E-state index is 0.635. The van der Waals surface area contributed by atoms with Gasteiger partial charge in [0.15, 0.2) is 0 Å². The van der Waals surface area contributed by atoms with Crippen molar-refractivity contribution in [3.05, 3.63) is 30.5 Å². The van der Waals surface area contributed by atoms with Gasteiger partial charge in [-0.25, -0.2) is 0 Å². The molecule has 2 aromatic rings. The zero-order chi connectivity index (χ0) is 12.0. The van der Waals surface area contributed by atoms with Crippen LogP contribution in [0.4, 0.5) is 0 Å². The summed E-state index contributed by atoms with van der Waals surface area (Å²) < 4.78 is 7.64. The van der Waals surface area contributed by atoms with Crippen molar-refractivity contribution in [2.24, 2.45) is 0 Å². The first-order chi connectivity index (χ1) is 8.20. The average molecular weight is 230 g/mol. The first-order valence-corrected chi connectivity index (χ1v) is 6.01. The summed E-state index contributed by atoms with van der Waals surface area (Å²) in [5.41, 5.74) is 1.31. The third-order valence-electron chi connectivity index (χ3n) is 3.67. The standard InChI is InChI=1S/C14H18N2O/c1-15(2)13-9-14(13)16-7-6-10-8-11(17-3)4-5-12(10)16/h4-8,13-14H,9H2,1-3H3/t13?,14-/m0/s1. The third-order valence-corrected chi connectivity index (χ3v) is 3.67. The predicted octanol–water partition coefficient (Wildman–Crippen LogP) is 2.52. The van der Waals surface area contributed by atoms with Gasteiger partial charge in [-0.1, -0.05) is 0 Å². The van der Waals surface area contributed by atoms with Crippen LogP contribution in [0.3, 0.4) is 0 Å². The molecule has 0 radical (unpaired) electrons. The molecule has 1 unspecified atom stereocenters. The molecule has 1 fully saturated rings. The number of hydrogen-bond acceptors (Lipinski definition) is 2. The maximum Gasteiger partial charge on any atom is 0.119 e. The quantitative estimate of drug-likeness (QED) is 0.806. The number of likely N-dealkylation sites (N-methyl/N-ethyl adjacent to an activating group) is 1. The van der Waals surface area contributed by atoms with Crippen molar-refractivity contribution >= 4 is 10.9 Å². The summed E-state index contributed by atoms with van der Waals surface area (Å²) in [5.74, 6) is 0.926. The zero-order valence-corrected chi connectivity index (χ0v) is 10.6. The van der Waals surface area contributed by atoms with E-state index in [-0.39, 0.29) is 0 Å². The highest BCUT2D eigenvalue weighted by atomic mass is 16.5. The van der Waals surface area contributed by atoms with E-state index in [0.29, 0.717) is 12.1 Å². The van der Waals surface area contributed by atoms with E-state index >= 15 is 0 Å². The predicted molar refractivity (Wildman–Crippen MR) is 69.6 cm³/mol. The topological polar surface area (TPSA) is 17.4 Å². The van der Waals surface area contributed by atoms with E-state index in [1.54, 1.807) is 7.11 Å². The van der Waals surface area contributed by atoms with Crippen LogP contribution in [0.5, 0.6) is 5.75 Å². The molecule has 90 valence electrons. The SMILES string of the molecule is COc1ccc2c(ccn2[C@H]2CC2N(C)C)c1. The Morgan fingerprint density at radius 3 is 2.76 bits per heavy atom. The Hall–Kier alpha value is -1.48. The monoisotopic (exact) mass is 230 g/mol. The van der Waals surface area contributed by atoms with Gasteiger partial charge in [0.05, 0.1) is 13.2 Å². The lowest BCUT2D eigenvalue weighted by molar-refractivity contribution is 0.377. The minimum Gasteiger partial charge on any atom is -0.497 e. The molecule has 0 aliphatic heterocycles. The third kappa shape index (κ3) is 1.71. The fraction of sp³-hybridized carbons (Fsp3) is 0.429. The molecule has 0 spiro atoms. The Balaban J connectivity index is 1.97. The Kier molecular flexibility index (Phi) is 2.37. The minimum atomic E-state index is 0.635. The van der Waals surface area contributed by atoms with Crippen LogP contribution >= 0.6 is 0 Å². The number of methoxy groups -OCH3 is 1. The van der Waals surface area contributed by atoms with E-state index in [9.17, 15) is 0 Å². The van der Waals surface area contributed by atoms with Crippen molar-refractivity contribution in [2.45, 2.75) is 18.5 Å². The molecule has 3 heteroatoms. The molecule has 1 aromatic carbocycles. The molecule has 1 aliphatic carbocycles. The maximum atomic E-state index is 5.25. The van der Waals surface area contributed by atoms with Crippen LogP contribution in [0.15, 0.2) is 30.5 Å². The summed E-state index contributed by atoms with van der Waals surface area (Å²) in [6.07, 6.45) is 3.45. The summed E-state index contributed by atoms with van der Waals surface area (Å²) in [6, 6.07) is 9.77. The van der Waals surface area contributed by atoms with E-state index in [2.05, 4.69) is 48.0 Å². The van der Waals surface area contributed by atoms with Gasteiger partial charge >= 0.3 is 0 Å². The molecule has 0 saturated heterocycles. The van der Waals surface area contributed by atoms with Gasteiger partial charge in [0.2, 0.25) is 0 Å². The summed E-state index contributed by atoms with van der Waals surface area (Å²) >= 11 is 0. The van der Waals surface area contributed by atoms with Crippen LogP contribution in [0.1, 0.15) is 12.5 Å². The van der Waals surface area contributed by atoms with E-state index in [1.165, 1.54) is 17.3 Å². The van der Waals surface area contributed by atoms with Gasteiger partial charge in [-0.3, -0.25) is 0 Å². The first kappa shape index (κ1) is 10.7. The number of ether oxygens (including phenoxy) is 1. The summed E-state index contributed by atoms with van der Waals surface area (Å²) in [5, 5.41) is 1.26. The van der Waals surface area contributed by atoms with Gasteiger partial charge < -0.3 is 14.2 Å². The summed E-state index contributed by atoms with van der Waals surface area (Å²) in [6.45, 7) is 0. The molecular weight excluding hydrogens is 212 g/mol. The van der Waals surface area contributed by atoms with E-state index in [1.807, 2.05) is 6.07 Å². The van der Waals surface area contributed by atoms with Gasteiger partial charge in [-0.15, -0.1) is 0 Å². The van der Waals surface area contributed by atoms with Crippen LogP contribution in [0, 0.1) is 0 Å². The van der Waals surface area contributed by atoms with E-state index in [0.717, 1.165) is 5.75 Å². The Morgan fingerprint density at radius 2 is 2.12 bits per heavy atom. The number of nitrogens with zero attached hydrogens (tertiary/aromatic N) is 2. The van der Waals surface area contributed by atoms with Crippen LogP contribution < -0.4 is 4.74 Å². The molecule has 3 nitrogen and oxygen atoms in total. The van der Waals surface area contributed by atoms with Crippen molar-refractivity contribution in [3.63, 3.8) is 0 Å². The molecule has 1 heterocycles. The zero-order valence-electron chi connectivity index (χ0n) is 10.6. The Bertz CT molecular complexity index is 544. The van der Waals surface area contributed by atoms with Crippen molar-refractivity contribution in [3.8, 4) is 5.75 Å². The largest absolute Gasteiger partial charge is 0.497 e. The Morgan fingerprint density at radius 1 is 1.29 bits per heavy atom. The second-order valence-corrected chi connectivity index (χ2v) is 4.98. The lowest BCUT2D eigenvalue weighted by Crippen LogP contribution is -2.17. The number of aromatic nitrogens is 1.